The Morgan fingerprint density at radius 1 is 1.40 bits per heavy atom. The van der Waals surface area contributed by atoms with Crippen molar-refractivity contribution in [1.29, 1.82) is 0 Å². The van der Waals surface area contributed by atoms with Gasteiger partial charge in [-0.05, 0) is 32.0 Å². The molecule has 25 heavy (non-hydrogen) atoms. The number of carbonyl (C=O) groups excluding carboxylic acids is 2. The van der Waals surface area contributed by atoms with Crippen LogP contribution in [-0.2, 0) is 4.79 Å². The van der Waals surface area contributed by atoms with Gasteiger partial charge in [-0.15, -0.1) is 0 Å². The van der Waals surface area contributed by atoms with Gasteiger partial charge in [0.05, 0.1) is 24.0 Å². The number of carbonyl (C=O) groups is 2. The van der Waals surface area contributed by atoms with E-state index in [-0.39, 0.29) is 17.5 Å². The van der Waals surface area contributed by atoms with E-state index in [0.717, 1.165) is 38.0 Å². The third-order valence-corrected chi connectivity index (χ3v) is 5.32. The number of nitrogens with zero attached hydrogens (tertiary/aromatic N) is 4. The van der Waals surface area contributed by atoms with E-state index in [4.69, 9.17) is 0 Å². The van der Waals surface area contributed by atoms with E-state index >= 15 is 0 Å². The molecular weight excluding hydrogens is 318 g/mol. The van der Waals surface area contributed by atoms with Gasteiger partial charge in [0.1, 0.15) is 0 Å². The summed E-state index contributed by atoms with van der Waals surface area (Å²) in [7, 11) is 1.98. The Balaban J connectivity index is 1.70. The number of nitrogens with one attached hydrogen (secondary N) is 1. The Kier molecular flexibility index (Phi) is 5.22. The van der Waals surface area contributed by atoms with Crippen molar-refractivity contribution in [3.8, 4) is 0 Å². The van der Waals surface area contributed by atoms with Crippen LogP contribution in [0.3, 0.4) is 0 Å². The number of aromatic nitrogens is 1. The Bertz CT molecular complexity index is 623. The second-order valence-corrected chi connectivity index (χ2v) is 7.03. The number of urea groups is 1. The minimum absolute atomic E-state index is 0.00329. The second-order valence-electron chi connectivity index (χ2n) is 7.03. The van der Waals surface area contributed by atoms with Gasteiger partial charge in [-0.2, -0.15) is 0 Å². The summed E-state index contributed by atoms with van der Waals surface area (Å²) in [5.41, 5.74) is 0.636. The van der Waals surface area contributed by atoms with E-state index in [1.807, 2.05) is 29.0 Å². The fourth-order valence-corrected chi connectivity index (χ4v) is 3.66. The number of piperazine rings is 1. The summed E-state index contributed by atoms with van der Waals surface area (Å²) in [6.07, 6.45) is 6.36. The van der Waals surface area contributed by atoms with Crippen molar-refractivity contribution in [2.45, 2.75) is 31.7 Å². The van der Waals surface area contributed by atoms with Crippen molar-refractivity contribution in [3.05, 3.63) is 24.5 Å². The molecule has 1 aromatic rings. The fraction of sp³-hybridized carbons (Fsp3) is 0.611. The van der Waals surface area contributed by atoms with Crippen LogP contribution in [0.2, 0.25) is 0 Å². The number of pyridine rings is 1. The maximum atomic E-state index is 12.5. The van der Waals surface area contributed by atoms with E-state index in [2.05, 4.69) is 22.1 Å². The lowest BCUT2D eigenvalue weighted by atomic mass is 9.92. The predicted molar refractivity (Wildman–Crippen MR) is 96.4 cm³/mol. The molecule has 2 aliphatic rings. The first kappa shape index (κ1) is 17.7. The maximum Gasteiger partial charge on any atom is 0.317 e. The van der Waals surface area contributed by atoms with Crippen LogP contribution in [0.5, 0.6) is 0 Å². The molecule has 0 aliphatic carbocycles. The zero-order valence-electron chi connectivity index (χ0n) is 15.1. The zero-order valence-corrected chi connectivity index (χ0v) is 15.1. The third-order valence-electron chi connectivity index (χ3n) is 5.32. The Morgan fingerprint density at radius 3 is 2.96 bits per heavy atom. The molecule has 0 radical (unpaired) electrons. The van der Waals surface area contributed by atoms with Crippen LogP contribution in [0.1, 0.15) is 26.2 Å². The van der Waals surface area contributed by atoms with E-state index in [0.29, 0.717) is 19.6 Å². The number of anilines is 1. The van der Waals surface area contributed by atoms with E-state index < -0.39 is 0 Å². The quantitative estimate of drug-likeness (QED) is 0.836. The van der Waals surface area contributed by atoms with Crippen LogP contribution in [0.15, 0.2) is 24.5 Å². The molecule has 0 unspecified atom stereocenters. The molecule has 0 saturated carbocycles. The summed E-state index contributed by atoms with van der Waals surface area (Å²) >= 11 is 0. The van der Waals surface area contributed by atoms with E-state index in [1.165, 1.54) is 0 Å². The number of rotatable bonds is 4. The number of hydrogen-bond donors (Lipinski definition) is 1. The maximum absolute atomic E-state index is 12.5. The van der Waals surface area contributed by atoms with Crippen molar-refractivity contribution < 1.29 is 9.59 Å². The minimum Gasteiger partial charge on any atom is -0.338 e. The molecule has 0 aromatic carbocycles. The average molecular weight is 345 g/mol. The first-order valence-corrected chi connectivity index (χ1v) is 9.00. The Hall–Kier alpha value is -2.15. The number of hydrogen-bond acceptors (Lipinski definition) is 4. The smallest absolute Gasteiger partial charge is 0.317 e. The van der Waals surface area contributed by atoms with Crippen LogP contribution in [0.4, 0.5) is 10.5 Å². The molecular formula is C18H27N5O2. The SMILES string of the molecule is CCCCNC(=O)N1CC[C@]2(C1)CN(c1cccnc1)C(=O)CN2C. The van der Waals surface area contributed by atoms with E-state index in [1.54, 1.807) is 12.4 Å². The predicted octanol–water partition coefficient (Wildman–Crippen LogP) is 1.31. The molecule has 0 bridgehead atoms. The topological polar surface area (TPSA) is 68.8 Å². The number of amides is 3. The highest BCUT2D eigenvalue weighted by Gasteiger charge is 2.48. The molecule has 7 heteroatoms. The number of likely N-dealkylation sites (N-methyl/N-ethyl adjacent to an activating group) is 1. The van der Waals surface area contributed by atoms with Crippen molar-refractivity contribution in [2.24, 2.45) is 0 Å². The van der Waals surface area contributed by atoms with Gasteiger partial charge in [0.2, 0.25) is 5.91 Å². The van der Waals surface area contributed by atoms with Crippen LogP contribution in [0, 0.1) is 0 Å². The monoisotopic (exact) mass is 345 g/mol. The number of unbranched alkanes of at least 4 members (excludes halogenated alkanes) is 1. The van der Waals surface area contributed by atoms with Gasteiger partial charge in [-0.25, -0.2) is 4.79 Å². The summed E-state index contributed by atoms with van der Waals surface area (Å²) in [6, 6.07) is 3.76. The second kappa shape index (κ2) is 7.39. The highest BCUT2D eigenvalue weighted by molar-refractivity contribution is 5.95. The van der Waals surface area contributed by atoms with Crippen molar-refractivity contribution in [2.75, 3.05) is 44.7 Å². The van der Waals surface area contributed by atoms with Gasteiger partial charge < -0.3 is 15.1 Å². The summed E-state index contributed by atoms with van der Waals surface area (Å²) in [5, 5.41) is 2.99. The van der Waals surface area contributed by atoms with Gasteiger partial charge >= 0.3 is 6.03 Å². The Morgan fingerprint density at radius 2 is 2.24 bits per heavy atom. The van der Waals surface area contributed by atoms with Crippen molar-refractivity contribution in [3.63, 3.8) is 0 Å². The van der Waals surface area contributed by atoms with Crippen LogP contribution >= 0.6 is 0 Å². The van der Waals surface area contributed by atoms with Crippen LogP contribution < -0.4 is 10.2 Å². The Labute approximate surface area is 149 Å². The lowest BCUT2D eigenvalue weighted by molar-refractivity contribution is -0.123. The molecule has 3 amide bonds. The first-order valence-electron chi connectivity index (χ1n) is 9.00. The van der Waals surface area contributed by atoms with Crippen molar-refractivity contribution >= 4 is 17.6 Å². The molecule has 3 rings (SSSR count). The summed E-state index contributed by atoms with van der Waals surface area (Å²) in [4.78, 5) is 34.8. The molecule has 7 nitrogen and oxygen atoms in total. The molecule has 2 fully saturated rings. The summed E-state index contributed by atoms with van der Waals surface area (Å²) in [6.45, 7) is 5.14. The minimum atomic E-state index is -0.189. The average Bonchev–Trinajstić information content (AvgIpc) is 3.05. The molecule has 1 atom stereocenters. The van der Waals surface area contributed by atoms with Gasteiger partial charge in [-0.3, -0.25) is 14.7 Å². The van der Waals surface area contributed by atoms with Gasteiger partial charge in [-0.1, -0.05) is 13.3 Å². The highest BCUT2D eigenvalue weighted by Crippen LogP contribution is 2.33. The molecule has 2 saturated heterocycles. The number of likely N-dealkylation sites (tertiary alicyclic amines) is 1. The summed E-state index contributed by atoms with van der Waals surface area (Å²) in [5.74, 6) is 0.0759. The van der Waals surface area contributed by atoms with Crippen LogP contribution in [0.25, 0.3) is 0 Å². The summed E-state index contributed by atoms with van der Waals surface area (Å²) < 4.78 is 0. The largest absolute Gasteiger partial charge is 0.338 e. The van der Waals surface area contributed by atoms with Crippen molar-refractivity contribution in [1.82, 2.24) is 20.1 Å². The van der Waals surface area contributed by atoms with Crippen LogP contribution in [-0.4, -0.2) is 72.0 Å². The molecule has 1 N–H and O–H groups in total. The molecule has 136 valence electrons. The third kappa shape index (κ3) is 3.61. The fourth-order valence-electron chi connectivity index (χ4n) is 3.66. The lowest BCUT2D eigenvalue weighted by Gasteiger charge is -2.46. The molecule has 1 spiro atoms. The standard InChI is InChI=1S/C18H27N5O2/c1-3-4-9-20-17(25)22-10-7-18(13-22)14-23(16(24)12-21(18)2)15-6-5-8-19-11-15/h5-6,8,11H,3-4,7,9-10,12-14H2,1-2H3,(H,20,25)/t18-/m0/s1. The normalized spacial score (nSPS) is 24.2. The van der Waals surface area contributed by atoms with E-state index in [9.17, 15) is 9.59 Å². The van der Waals surface area contributed by atoms with Gasteiger partial charge in [0.25, 0.3) is 0 Å². The zero-order chi connectivity index (χ0) is 17.9. The van der Waals surface area contributed by atoms with Gasteiger partial charge in [0.15, 0.2) is 0 Å². The first-order chi connectivity index (χ1) is 12.1. The lowest BCUT2D eigenvalue weighted by Crippen LogP contribution is -2.64. The molecule has 1 aromatic heterocycles. The molecule has 2 aliphatic heterocycles. The highest BCUT2D eigenvalue weighted by atomic mass is 16.2. The molecule has 3 heterocycles. The van der Waals surface area contributed by atoms with Gasteiger partial charge in [0, 0.05) is 32.4 Å².